The van der Waals surface area contributed by atoms with Crippen molar-refractivity contribution in [1.82, 2.24) is 0 Å². The Bertz CT molecular complexity index is 972. The van der Waals surface area contributed by atoms with Crippen molar-refractivity contribution < 1.29 is 24.0 Å². The lowest BCUT2D eigenvalue weighted by Crippen LogP contribution is -2.30. The summed E-state index contributed by atoms with van der Waals surface area (Å²) in [5.41, 5.74) is 3.40. The van der Waals surface area contributed by atoms with E-state index in [-0.39, 0.29) is 23.5 Å². The molecule has 0 fully saturated rings. The Morgan fingerprint density at radius 2 is 1.87 bits per heavy atom. The Hall–Kier alpha value is -3.42. The number of carbonyl (C=O) groups is 2. The summed E-state index contributed by atoms with van der Waals surface area (Å²) < 4.78 is 10.4. The molecule has 158 valence electrons. The third-order valence-corrected chi connectivity index (χ3v) is 5.09. The molecule has 3 rings (SSSR count). The number of ether oxygens (including phenoxy) is 2. The van der Waals surface area contributed by atoms with Gasteiger partial charge in [0, 0.05) is 12.1 Å². The van der Waals surface area contributed by atoms with E-state index < -0.39 is 22.9 Å². The molecule has 1 atom stereocenters. The second-order valence-electron chi connectivity index (χ2n) is 7.25. The molecule has 0 radical (unpaired) electrons. The number of methoxy groups -OCH3 is 1. The number of carbonyl (C=O) groups excluding carboxylic acids is 2. The van der Waals surface area contributed by atoms with Crippen LogP contribution in [0.15, 0.2) is 36.4 Å². The zero-order valence-electron chi connectivity index (χ0n) is 17.0. The molecule has 0 saturated carbocycles. The first-order valence-corrected chi connectivity index (χ1v) is 9.81. The van der Waals surface area contributed by atoms with Gasteiger partial charge >= 0.3 is 5.97 Å². The number of esters is 1. The minimum atomic E-state index is -1.07. The lowest BCUT2D eigenvalue weighted by Gasteiger charge is -2.17. The highest BCUT2D eigenvalue weighted by molar-refractivity contribution is 5.96. The third-order valence-electron chi connectivity index (χ3n) is 5.09. The lowest BCUT2D eigenvalue weighted by atomic mass is 9.90. The first-order chi connectivity index (χ1) is 14.4. The van der Waals surface area contributed by atoms with Crippen LogP contribution in [0.5, 0.6) is 5.75 Å². The maximum absolute atomic E-state index is 12.4. The molecule has 0 aliphatic heterocycles. The van der Waals surface area contributed by atoms with Crippen LogP contribution in [-0.2, 0) is 33.6 Å². The van der Waals surface area contributed by atoms with Gasteiger partial charge in [0.15, 0.2) is 6.10 Å². The molecule has 1 N–H and O–H groups in total. The average Bonchev–Trinajstić information content (AvgIpc) is 2.73. The summed E-state index contributed by atoms with van der Waals surface area (Å²) in [5.74, 6) is -0.853. The minimum absolute atomic E-state index is 0.0744. The molecule has 1 aliphatic rings. The number of benzene rings is 2. The van der Waals surface area contributed by atoms with Crippen LogP contribution in [-0.4, -0.2) is 30.0 Å². The highest BCUT2D eigenvalue weighted by Crippen LogP contribution is 2.29. The molecular formula is C22H24N2O6. The molecule has 0 bridgehead atoms. The Balaban J connectivity index is 1.61. The van der Waals surface area contributed by atoms with Crippen molar-refractivity contribution in [2.45, 2.75) is 45.1 Å². The Morgan fingerprint density at radius 3 is 2.57 bits per heavy atom. The maximum Gasteiger partial charge on any atom is 0.311 e. The van der Waals surface area contributed by atoms with E-state index in [0.29, 0.717) is 0 Å². The monoisotopic (exact) mass is 412 g/mol. The standard InChI is InChI=1S/C22H24N2O6/c1-14(22(26)23-19-13-18(24(27)28)9-10-20(19)29-2)30-21(25)12-15-7-8-16-5-3-4-6-17(16)11-15/h7-11,13-14H,3-6,12H2,1-2H3,(H,23,26)/t14-/m0/s1. The van der Waals surface area contributed by atoms with Gasteiger partial charge in [-0.1, -0.05) is 18.2 Å². The fourth-order valence-corrected chi connectivity index (χ4v) is 3.50. The second kappa shape index (κ2) is 9.39. The van der Waals surface area contributed by atoms with Gasteiger partial charge in [-0.05, 0) is 55.4 Å². The van der Waals surface area contributed by atoms with E-state index >= 15 is 0 Å². The molecule has 2 aromatic carbocycles. The highest BCUT2D eigenvalue weighted by atomic mass is 16.6. The van der Waals surface area contributed by atoms with Crippen LogP contribution in [0.25, 0.3) is 0 Å². The van der Waals surface area contributed by atoms with Gasteiger partial charge < -0.3 is 14.8 Å². The van der Waals surface area contributed by atoms with Gasteiger partial charge in [-0.25, -0.2) is 0 Å². The van der Waals surface area contributed by atoms with E-state index in [1.807, 2.05) is 12.1 Å². The minimum Gasteiger partial charge on any atom is -0.495 e. The van der Waals surface area contributed by atoms with Crippen molar-refractivity contribution in [3.8, 4) is 5.75 Å². The smallest absolute Gasteiger partial charge is 0.311 e. The fraction of sp³-hybridized carbons (Fsp3) is 0.364. The van der Waals surface area contributed by atoms with Crippen LogP contribution in [0.4, 0.5) is 11.4 Å². The first-order valence-electron chi connectivity index (χ1n) is 9.81. The van der Waals surface area contributed by atoms with Crippen LogP contribution in [0.3, 0.4) is 0 Å². The summed E-state index contributed by atoms with van der Waals surface area (Å²) in [6.07, 6.45) is 3.43. The molecule has 2 aromatic rings. The van der Waals surface area contributed by atoms with E-state index in [1.54, 1.807) is 0 Å². The quantitative estimate of drug-likeness (QED) is 0.423. The van der Waals surface area contributed by atoms with Gasteiger partial charge in [-0.3, -0.25) is 19.7 Å². The lowest BCUT2D eigenvalue weighted by molar-refractivity contribution is -0.384. The van der Waals surface area contributed by atoms with Crippen molar-refractivity contribution in [3.63, 3.8) is 0 Å². The van der Waals surface area contributed by atoms with Crippen molar-refractivity contribution in [2.24, 2.45) is 0 Å². The van der Waals surface area contributed by atoms with Crippen LogP contribution in [0.2, 0.25) is 0 Å². The van der Waals surface area contributed by atoms with Gasteiger partial charge in [-0.15, -0.1) is 0 Å². The van der Waals surface area contributed by atoms with Crippen LogP contribution < -0.4 is 10.1 Å². The molecule has 0 aromatic heterocycles. The highest BCUT2D eigenvalue weighted by Gasteiger charge is 2.21. The SMILES string of the molecule is COc1ccc([N+](=O)[O-])cc1NC(=O)[C@H](C)OC(=O)Cc1ccc2c(c1)CCCC2. The number of hydrogen-bond donors (Lipinski definition) is 1. The number of rotatable bonds is 7. The van der Waals surface area contributed by atoms with Crippen molar-refractivity contribution >= 4 is 23.3 Å². The Labute approximate surface area is 174 Å². The maximum atomic E-state index is 12.4. The topological polar surface area (TPSA) is 108 Å². The molecule has 8 nitrogen and oxygen atoms in total. The molecular weight excluding hydrogens is 388 g/mol. The first kappa shape index (κ1) is 21.3. The number of nitro benzene ring substituents is 1. The zero-order chi connectivity index (χ0) is 21.7. The summed E-state index contributed by atoms with van der Waals surface area (Å²) >= 11 is 0. The molecule has 8 heteroatoms. The van der Waals surface area contributed by atoms with E-state index in [4.69, 9.17) is 9.47 Å². The molecule has 1 amide bonds. The third kappa shape index (κ3) is 5.14. The summed E-state index contributed by atoms with van der Waals surface area (Å²) in [5, 5.41) is 13.5. The zero-order valence-corrected chi connectivity index (χ0v) is 17.0. The molecule has 0 spiro atoms. The number of nitrogens with zero attached hydrogens (tertiary/aromatic N) is 1. The predicted molar refractivity (Wildman–Crippen MR) is 111 cm³/mol. The average molecular weight is 412 g/mol. The van der Waals surface area contributed by atoms with Crippen molar-refractivity contribution in [1.29, 1.82) is 0 Å². The largest absolute Gasteiger partial charge is 0.495 e. The molecule has 30 heavy (non-hydrogen) atoms. The number of non-ortho nitro benzene ring substituents is 1. The number of nitrogens with one attached hydrogen (secondary N) is 1. The second-order valence-corrected chi connectivity index (χ2v) is 7.25. The molecule has 1 aliphatic carbocycles. The number of amides is 1. The van der Waals surface area contributed by atoms with E-state index in [9.17, 15) is 19.7 Å². The van der Waals surface area contributed by atoms with Crippen molar-refractivity contribution in [3.05, 3.63) is 63.2 Å². The van der Waals surface area contributed by atoms with Crippen LogP contribution in [0.1, 0.15) is 36.5 Å². The normalized spacial score (nSPS) is 13.7. The Kier molecular flexibility index (Phi) is 6.66. The van der Waals surface area contributed by atoms with E-state index in [0.717, 1.165) is 24.8 Å². The number of aryl methyl sites for hydroxylation is 2. The van der Waals surface area contributed by atoms with Gasteiger partial charge in [-0.2, -0.15) is 0 Å². The summed E-state index contributed by atoms with van der Waals surface area (Å²) in [4.78, 5) is 35.1. The van der Waals surface area contributed by atoms with Crippen LogP contribution in [0, 0.1) is 10.1 Å². The van der Waals surface area contributed by atoms with Crippen LogP contribution >= 0.6 is 0 Å². The Morgan fingerprint density at radius 1 is 1.13 bits per heavy atom. The van der Waals surface area contributed by atoms with Gasteiger partial charge in [0.25, 0.3) is 11.6 Å². The number of fused-ring (bicyclic) bond motifs is 1. The van der Waals surface area contributed by atoms with E-state index in [1.165, 1.54) is 49.8 Å². The van der Waals surface area contributed by atoms with Gasteiger partial charge in [0.2, 0.25) is 0 Å². The predicted octanol–water partition coefficient (Wildman–Crippen LogP) is 3.60. The molecule has 0 unspecified atom stereocenters. The van der Waals surface area contributed by atoms with Gasteiger partial charge in [0.1, 0.15) is 5.75 Å². The number of anilines is 1. The summed E-state index contributed by atoms with van der Waals surface area (Å²) in [6.45, 7) is 1.45. The van der Waals surface area contributed by atoms with Gasteiger partial charge in [0.05, 0.1) is 24.1 Å². The fourth-order valence-electron chi connectivity index (χ4n) is 3.50. The number of hydrogen-bond acceptors (Lipinski definition) is 6. The molecule has 0 heterocycles. The molecule has 0 saturated heterocycles. The number of nitro groups is 1. The van der Waals surface area contributed by atoms with Crippen molar-refractivity contribution in [2.75, 3.05) is 12.4 Å². The van der Waals surface area contributed by atoms with E-state index in [2.05, 4.69) is 11.4 Å². The summed E-state index contributed by atoms with van der Waals surface area (Å²) in [7, 11) is 1.39. The summed E-state index contributed by atoms with van der Waals surface area (Å²) in [6, 6.07) is 9.87.